The van der Waals surface area contributed by atoms with Crippen LogP contribution in [-0.2, 0) is 9.53 Å². The zero-order valence-corrected chi connectivity index (χ0v) is 19.3. The average molecular weight is 509 g/mol. The molecule has 2 N–H and O–H groups in total. The Balaban J connectivity index is 1.57. The van der Waals surface area contributed by atoms with E-state index < -0.39 is 6.16 Å². The van der Waals surface area contributed by atoms with Gasteiger partial charge in [-0.05, 0) is 73.2 Å². The Bertz CT molecular complexity index is 1160. The molecule has 7 nitrogen and oxygen atoms in total. The van der Waals surface area contributed by atoms with Crippen LogP contribution in [0.15, 0.2) is 83.3 Å². The molecule has 0 aliphatic rings. The summed E-state index contributed by atoms with van der Waals surface area (Å²) in [6.07, 6.45) is 2.34. The third-order valence-corrected chi connectivity index (χ3v) is 4.79. The molecule has 0 aliphatic heterocycles. The molecule has 2 amide bonds. The third-order valence-electron chi connectivity index (χ3n) is 4.27. The minimum absolute atomic E-state index is 0.209. The zero-order valence-electron chi connectivity index (χ0n) is 17.7. The Morgan fingerprint density at radius 3 is 2.24 bits per heavy atom. The quantitative estimate of drug-likeness (QED) is 0.235. The summed E-state index contributed by atoms with van der Waals surface area (Å²) < 4.78 is 10.6. The first-order valence-corrected chi connectivity index (χ1v) is 10.8. The van der Waals surface area contributed by atoms with Crippen LogP contribution in [0, 0.1) is 0 Å². The number of hydrogen-bond donors (Lipinski definition) is 2. The molecule has 33 heavy (non-hydrogen) atoms. The van der Waals surface area contributed by atoms with Gasteiger partial charge < -0.3 is 20.1 Å². The Hall–Kier alpha value is -3.91. The van der Waals surface area contributed by atoms with E-state index in [1.54, 1.807) is 37.3 Å². The molecule has 0 heterocycles. The normalized spacial score (nSPS) is 10.5. The number of carbonyl (C=O) groups is 3. The molecule has 3 rings (SSSR count). The lowest BCUT2D eigenvalue weighted by Gasteiger charge is -2.09. The number of rotatable bonds is 7. The van der Waals surface area contributed by atoms with Crippen molar-refractivity contribution in [1.29, 1.82) is 0 Å². The average Bonchev–Trinajstić information content (AvgIpc) is 2.79. The molecule has 0 radical (unpaired) electrons. The van der Waals surface area contributed by atoms with Crippen LogP contribution in [0.4, 0.5) is 16.2 Å². The Morgan fingerprint density at radius 1 is 0.909 bits per heavy atom. The summed E-state index contributed by atoms with van der Waals surface area (Å²) in [6, 6.07) is 20.4. The Morgan fingerprint density at radius 2 is 1.58 bits per heavy atom. The maximum atomic E-state index is 12.5. The highest BCUT2D eigenvalue weighted by Crippen LogP contribution is 2.18. The first-order valence-electron chi connectivity index (χ1n) is 10.0. The van der Waals surface area contributed by atoms with E-state index >= 15 is 0 Å². The van der Waals surface area contributed by atoms with E-state index in [1.165, 1.54) is 30.3 Å². The molecule has 0 saturated heterocycles. The van der Waals surface area contributed by atoms with Crippen molar-refractivity contribution in [3.8, 4) is 5.75 Å². The third kappa shape index (κ3) is 7.62. The molecule has 3 aromatic carbocycles. The topological polar surface area (TPSA) is 93.7 Å². The van der Waals surface area contributed by atoms with Crippen LogP contribution in [0.2, 0.25) is 0 Å². The van der Waals surface area contributed by atoms with Crippen LogP contribution in [0.3, 0.4) is 0 Å². The number of amides is 2. The number of anilines is 2. The SMILES string of the molecule is CCOC(=O)Oc1ccc(C(=O)Nc2cccc(NC(=O)/C=C/c3ccc(Br)cc3)c2)cc1. The maximum absolute atomic E-state index is 12.5. The predicted octanol–water partition coefficient (Wildman–Crippen LogP) is 5.89. The van der Waals surface area contributed by atoms with E-state index in [2.05, 4.69) is 26.6 Å². The molecule has 3 aromatic rings. The first-order chi connectivity index (χ1) is 15.9. The van der Waals surface area contributed by atoms with Gasteiger partial charge in [0, 0.05) is 27.5 Å². The molecule has 0 atom stereocenters. The monoisotopic (exact) mass is 508 g/mol. The van der Waals surface area contributed by atoms with Crippen LogP contribution in [0.5, 0.6) is 5.75 Å². The number of hydrogen-bond acceptors (Lipinski definition) is 5. The predicted molar refractivity (Wildman–Crippen MR) is 130 cm³/mol. The minimum atomic E-state index is -0.805. The summed E-state index contributed by atoms with van der Waals surface area (Å²) in [7, 11) is 0. The molecule has 8 heteroatoms. The maximum Gasteiger partial charge on any atom is 0.513 e. The second-order valence-corrected chi connectivity index (χ2v) is 7.63. The molecule has 0 aromatic heterocycles. The van der Waals surface area contributed by atoms with Crippen molar-refractivity contribution < 1.29 is 23.9 Å². The van der Waals surface area contributed by atoms with Crippen LogP contribution < -0.4 is 15.4 Å². The van der Waals surface area contributed by atoms with E-state index in [0.29, 0.717) is 16.9 Å². The summed E-state index contributed by atoms with van der Waals surface area (Å²) in [4.78, 5) is 36.1. The van der Waals surface area contributed by atoms with Crippen LogP contribution in [0.25, 0.3) is 6.08 Å². The highest BCUT2D eigenvalue weighted by molar-refractivity contribution is 9.10. The van der Waals surface area contributed by atoms with Crippen molar-refractivity contribution in [2.24, 2.45) is 0 Å². The summed E-state index contributed by atoms with van der Waals surface area (Å²) in [6.45, 7) is 1.89. The summed E-state index contributed by atoms with van der Waals surface area (Å²) >= 11 is 3.37. The fraction of sp³-hybridized carbons (Fsp3) is 0.0800. The van der Waals surface area contributed by atoms with Gasteiger partial charge in [0.2, 0.25) is 5.91 Å². The fourth-order valence-corrected chi connectivity index (χ4v) is 2.99. The second kappa shape index (κ2) is 11.6. The highest BCUT2D eigenvalue weighted by Gasteiger charge is 2.09. The molecular weight excluding hydrogens is 488 g/mol. The van der Waals surface area contributed by atoms with Crippen molar-refractivity contribution >= 4 is 51.4 Å². The molecule has 0 saturated carbocycles. The van der Waals surface area contributed by atoms with E-state index in [-0.39, 0.29) is 24.2 Å². The van der Waals surface area contributed by atoms with Gasteiger partial charge in [-0.2, -0.15) is 0 Å². The molecule has 0 unspecified atom stereocenters. The van der Waals surface area contributed by atoms with Crippen molar-refractivity contribution in [3.63, 3.8) is 0 Å². The lowest BCUT2D eigenvalue weighted by Crippen LogP contribution is -2.13. The van der Waals surface area contributed by atoms with Crippen LogP contribution in [-0.4, -0.2) is 24.6 Å². The number of ether oxygens (including phenoxy) is 2. The second-order valence-electron chi connectivity index (χ2n) is 6.72. The van der Waals surface area contributed by atoms with E-state index in [9.17, 15) is 14.4 Å². The van der Waals surface area contributed by atoms with Gasteiger partial charge in [-0.1, -0.05) is 34.1 Å². The van der Waals surface area contributed by atoms with Gasteiger partial charge in [0.15, 0.2) is 0 Å². The summed E-state index contributed by atoms with van der Waals surface area (Å²) in [5.74, 6) is -0.374. The smallest absolute Gasteiger partial charge is 0.434 e. The number of carbonyl (C=O) groups excluding carboxylic acids is 3. The molecular formula is C25H21BrN2O5. The zero-order chi connectivity index (χ0) is 23.6. The number of halogens is 1. The van der Waals surface area contributed by atoms with Gasteiger partial charge in [-0.25, -0.2) is 4.79 Å². The van der Waals surface area contributed by atoms with Gasteiger partial charge >= 0.3 is 6.16 Å². The standard InChI is InChI=1S/C25H21BrN2O5/c1-2-32-25(31)33-22-13-9-18(10-14-22)24(30)28-21-5-3-4-20(16-21)27-23(29)15-8-17-6-11-19(26)12-7-17/h3-16H,2H2,1H3,(H,27,29)(H,28,30)/b15-8+. The highest BCUT2D eigenvalue weighted by atomic mass is 79.9. The van der Waals surface area contributed by atoms with Crippen LogP contribution in [0.1, 0.15) is 22.8 Å². The molecule has 168 valence electrons. The molecule has 0 fully saturated rings. The molecule has 0 spiro atoms. The first kappa shape index (κ1) is 23.7. The van der Waals surface area contributed by atoms with E-state index in [1.807, 2.05) is 24.3 Å². The Labute approximate surface area is 199 Å². The van der Waals surface area contributed by atoms with Crippen LogP contribution >= 0.6 is 15.9 Å². The lowest BCUT2D eigenvalue weighted by molar-refractivity contribution is -0.111. The van der Waals surface area contributed by atoms with Gasteiger partial charge in [-0.15, -0.1) is 0 Å². The van der Waals surface area contributed by atoms with Gasteiger partial charge in [0.1, 0.15) is 5.75 Å². The number of benzene rings is 3. The van der Waals surface area contributed by atoms with Gasteiger partial charge in [0.25, 0.3) is 5.91 Å². The Kier molecular flexibility index (Phi) is 8.37. The van der Waals surface area contributed by atoms with E-state index in [0.717, 1.165) is 10.0 Å². The summed E-state index contributed by atoms with van der Waals surface area (Å²) in [5, 5.41) is 5.54. The van der Waals surface area contributed by atoms with Gasteiger partial charge in [0.05, 0.1) is 6.61 Å². The van der Waals surface area contributed by atoms with Crippen molar-refractivity contribution in [1.82, 2.24) is 0 Å². The minimum Gasteiger partial charge on any atom is -0.434 e. The lowest BCUT2D eigenvalue weighted by atomic mass is 10.2. The largest absolute Gasteiger partial charge is 0.513 e. The molecule has 0 aliphatic carbocycles. The summed E-state index contributed by atoms with van der Waals surface area (Å²) in [5.41, 5.74) is 2.32. The number of nitrogens with one attached hydrogen (secondary N) is 2. The van der Waals surface area contributed by atoms with Crippen molar-refractivity contribution in [2.75, 3.05) is 17.2 Å². The van der Waals surface area contributed by atoms with Gasteiger partial charge in [-0.3, -0.25) is 9.59 Å². The van der Waals surface area contributed by atoms with E-state index in [4.69, 9.17) is 9.47 Å². The van der Waals surface area contributed by atoms with Crippen molar-refractivity contribution in [3.05, 3.63) is 94.5 Å². The van der Waals surface area contributed by atoms with Crippen molar-refractivity contribution in [2.45, 2.75) is 6.92 Å². The fourth-order valence-electron chi connectivity index (χ4n) is 2.73. The molecule has 0 bridgehead atoms.